The maximum atomic E-state index is 10.8. The Balaban J connectivity index is -0.000000605. The van der Waals surface area contributed by atoms with Crippen LogP contribution in [0.15, 0.2) is 0 Å². The van der Waals surface area contributed by atoms with Crippen molar-refractivity contribution in [1.82, 2.24) is 5.48 Å². The van der Waals surface area contributed by atoms with E-state index in [0.29, 0.717) is 19.7 Å². The first-order valence-corrected chi connectivity index (χ1v) is 5.10. The Kier molecular flexibility index (Phi) is 16.3. The van der Waals surface area contributed by atoms with Crippen LogP contribution in [0, 0.1) is 0 Å². The predicted octanol–water partition coefficient (Wildman–Crippen LogP) is -1.94. The van der Waals surface area contributed by atoms with Gasteiger partial charge in [0, 0.05) is 17.7 Å². The zero-order valence-electron chi connectivity index (χ0n) is 9.28. The van der Waals surface area contributed by atoms with Crippen LogP contribution in [0.5, 0.6) is 0 Å². The third kappa shape index (κ3) is 12.9. The molecular formula is C6H17N2NaO3P+. The number of nitrogens with two attached hydrogens (primary N) is 1. The van der Waals surface area contributed by atoms with Gasteiger partial charge in [0.25, 0.3) is 0 Å². The summed E-state index contributed by atoms with van der Waals surface area (Å²) in [6.45, 7) is 3.41. The van der Waals surface area contributed by atoms with Gasteiger partial charge in [0.1, 0.15) is 6.61 Å². The van der Waals surface area contributed by atoms with E-state index in [0.717, 1.165) is 12.8 Å². The molecule has 0 saturated carbocycles. The normalized spacial score (nSPS) is 10.8. The molecule has 0 aromatic rings. The molecule has 0 aromatic heterocycles. The smallest absolute Gasteiger partial charge is 1.00 e. The van der Waals surface area contributed by atoms with E-state index >= 15 is 0 Å². The number of nitrogens with one attached hydrogen (secondary N) is 1. The Bertz CT molecular complexity index is 122. The molecule has 0 aliphatic carbocycles. The van der Waals surface area contributed by atoms with Crippen LogP contribution in [0.2, 0.25) is 0 Å². The minimum Gasteiger partial charge on any atom is -1.00 e. The molecule has 0 aromatic carbocycles. The second-order valence-electron chi connectivity index (χ2n) is 2.18. The summed E-state index contributed by atoms with van der Waals surface area (Å²) < 4.78 is 20.2. The Hall–Kier alpha value is 0.940. The predicted molar refractivity (Wildman–Crippen MR) is 47.7 cm³/mol. The third-order valence-electron chi connectivity index (χ3n) is 1.08. The first kappa shape index (κ1) is 16.4. The summed E-state index contributed by atoms with van der Waals surface area (Å²) in [4.78, 5) is 0. The molecule has 74 valence electrons. The SMILES string of the molecule is CCCCO[P+](=O)ONCCN.[H-].[Na+]. The number of hydrogen-bond acceptors (Lipinski definition) is 5. The number of hydroxylamine groups is 1. The monoisotopic (exact) mass is 219 g/mol. The molecule has 0 aliphatic heterocycles. The van der Waals surface area contributed by atoms with Crippen molar-refractivity contribution in [3.8, 4) is 0 Å². The average Bonchev–Trinajstić information content (AvgIpc) is 2.06. The number of unbranched alkanes of at least 4 members (excludes halogenated alkanes) is 1. The van der Waals surface area contributed by atoms with Crippen molar-refractivity contribution in [3.63, 3.8) is 0 Å². The van der Waals surface area contributed by atoms with Crippen LogP contribution in [0.1, 0.15) is 21.2 Å². The van der Waals surface area contributed by atoms with Crippen molar-refractivity contribution in [1.29, 1.82) is 0 Å². The summed E-state index contributed by atoms with van der Waals surface area (Å²) in [5, 5.41) is 0. The zero-order chi connectivity index (χ0) is 9.23. The van der Waals surface area contributed by atoms with E-state index in [1.165, 1.54) is 0 Å². The number of hydrogen-bond donors (Lipinski definition) is 2. The van der Waals surface area contributed by atoms with E-state index in [4.69, 9.17) is 10.3 Å². The van der Waals surface area contributed by atoms with E-state index in [-0.39, 0.29) is 31.0 Å². The largest absolute Gasteiger partial charge is 1.00 e. The molecule has 0 spiro atoms. The van der Waals surface area contributed by atoms with Gasteiger partial charge < -0.3 is 7.16 Å². The van der Waals surface area contributed by atoms with Crippen LogP contribution in [-0.2, 0) is 13.7 Å². The van der Waals surface area contributed by atoms with Gasteiger partial charge in [0.15, 0.2) is 0 Å². The molecule has 0 heterocycles. The molecule has 0 amide bonds. The third-order valence-corrected chi connectivity index (χ3v) is 1.75. The molecule has 0 bridgehead atoms. The Labute approximate surface area is 103 Å². The topological polar surface area (TPSA) is 73.6 Å². The fraction of sp³-hybridized carbons (Fsp3) is 1.00. The molecule has 0 radical (unpaired) electrons. The van der Waals surface area contributed by atoms with Crippen molar-refractivity contribution < 1.29 is 44.7 Å². The number of rotatable bonds is 8. The summed E-state index contributed by atoms with van der Waals surface area (Å²) in [5.74, 6) is 0. The summed E-state index contributed by atoms with van der Waals surface area (Å²) in [5.41, 5.74) is 7.59. The Morgan fingerprint density at radius 1 is 1.62 bits per heavy atom. The maximum absolute atomic E-state index is 10.8. The second-order valence-corrected chi connectivity index (χ2v) is 3.07. The van der Waals surface area contributed by atoms with E-state index in [2.05, 4.69) is 10.1 Å². The minimum absolute atomic E-state index is 0. The fourth-order valence-corrected chi connectivity index (χ4v) is 0.995. The summed E-state index contributed by atoms with van der Waals surface area (Å²) in [6, 6.07) is 0. The van der Waals surface area contributed by atoms with Gasteiger partial charge in [-0.25, -0.2) is 0 Å². The van der Waals surface area contributed by atoms with Crippen molar-refractivity contribution in [2.45, 2.75) is 19.8 Å². The molecule has 0 aliphatic rings. The van der Waals surface area contributed by atoms with Gasteiger partial charge in [-0.15, -0.1) is 10.0 Å². The quantitative estimate of drug-likeness (QED) is 0.215. The molecule has 3 N–H and O–H groups in total. The Morgan fingerprint density at radius 3 is 2.85 bits per heavy atom. The summed E-state index contributed by atoms with van der Waals surface area (Å²) in [6.07, 6.45) is 1.90. The second kappa shape index (κ2) is 12.9. The van der Waals surface area contributed by atoms with Crippen molar-refractivity contribution >= 4 is 8.25 Å². The van der Waals surface area contributed by atoms with Crippen LogP contribution < -0.4 is 40.8 Å². The van der Waals surface area contributed by atoms with Gasteiger partial charge in [0.2, 0.25) is 0 Å². The molecule has 7 heteroatoms. The molecular weight excluding hydrogens is 202 g/mol. The van der Waals surface area contributed by atoms with Crippen LogP contribution in [0.3, 0.4) is 0 Å². The summed E-state index contributed by atoms with van der Waals surface area (Å²) >= 11 is 0. The molecule has 1 unspecified atom stereocenters. The van der Waals surface area contributed by atoms with Crippen LogP contribution in [0.4, 0.5) is 0 Å². The molecule has 0 fully saturated rings. The van der Waals surface area contributed by atoms with Gasteiger partial charge in [-0.05, 0) is 11.0 Å². The van der Waals surface area contributed by atoms with Crippen molar-refractivity contribution in [2.75, 3.05) is 19.7 Å². The Morgan fingerprint density at radius 2 is 2.31 bits per heavy atom. The van der Waals surface area contributed by atoms with Crippen molar-refractivity contribution in [2.24, 2.45) is 5.73 Å². The van der Waals surface area contributed by atoms with Gasteiger partial charge in [0.05, 0.1) is 0 Å². The van der Waals surface area contributed by atoms with Crippen LogP contribution in [-0.4, -0.2) is 19.7 Å². The van der Waals surface area contributed by atoms with E-state index in [1.54, 1.807) is 0 Å². The minimum atomic E-state index is -2.02. The molecule has 13 heavy (non-hydrogen) atoms. The van der Waals surface area contributed by atoms with Gasteiger partial charge >= 0.3 is 37.8 Å². The van der Waals surface area contributed by atoms with Gasteiger partial charge in [-0.3, -0.25) is 0 Å². The molecule has 0 saturated heterocycles. The standard InChI is InChI=1S/C6H16N2O3P.Na.H/c1-2-3-6-10-12(9)11-8-5-4-7;;/h8H,2-7H2,1H3;;/q2*+1;-1. The molecule has 1 atom stereocenters. The van der Waals surface area contributed by atoms with E-state index in [1.807, 2.05) is 6.92 Å². The fourth-order valence-electron chi connectivity index (χ4n) is 0.467. The molecule has 5 nitrogen and oxygen atoms in total. The maximum Gasteiger partial charge on any atom is 1.00 e. The van der Waals surface area contributed by atoms with Crippen molar-refractivity contribution in [3.05, 3.63) is 0 Å². The van der Waals surface area contributed by atoms with E-state index in [9.17, 15) is 4.57 Å². The first-order chi connectivity index (χ1) is 5.81. The first-order valence-electron chi connectivity index (χ1n) is 4.01. The van der Waals surface area contributed by atoms with Gasteiger partial charge in [-0.1, -0.05) is 13.3 Å². The summed E-state index contributed by atoms with van der Waals surface area (Å²) in [7, 11) is -2.02. The molecule has 0 rings (SSSR count). The van der Waals surface area contributed by atoms with Crippen LogP contribution in [0.25, 0.3) is 0 Å². The van der Waals surface area contributed by atoms with E-state index < -0.39 is 8.25 Å². The average molecular weight is 219 g/mol. The van der Waals surface area contributed by atoms with Gasteiger partial charge in [-0.2, -0.15) is 0 Å². The zero-order valence-corrected chi connectivity index (χ0v) is 11.2. The van der Waals surface area contributed by atoms with Crippen LogP contribution >= 0.6 is 8.25 Å².